The van der Waals surface area contributed by atoms with Gasteiger partial charge < -0.3 is 9.88 Å². The number of fused-ring (bicyclic) bond motifs is 1. The first kappa shape index (κ1) is 19.4. The van der Waals surface area contributed by atoms with Crippen molar-refractivity contribution in [3.63, 3.8) is 0 Å². The molecule has 0 aliphatic carbocycles. The highest BCUT2D eigenvalue weighted by Gasteiger charge is 2.35. The summed E-state index contributed by atoms with van der Waals surface area (Å²) in [6.45, 7) is -0.0435. The number of hydrogen-bond donors (Lipinski definition) is 1. The van der Waals surface area contributed by atoms with Crippen molar-refractivity contribution in [1.29, 1.82) is 0 Å². The minimum absolute atomic E-state index is 0.00976. The second kappa shape index (κ2) is 8.23. The fourth-order valence-electron chi connectivity index (χ4n) is 3.42. The van der Waals surface area contributed by atoms with Crippen LogP contribution in [0.4, 0.5) is 13.2 Å². The van der Waals surface area contributed by atoms with Crippen LogP contribution in [0.2, 0.25) is 0 Å². The third-order valence-corrected chi connectivity index (χ3v) is 4.88. The van der Waals surface area contributed by atoms with Crippen molar-refractivity contribution in [3.05, 3.63) is 94.6 Å². The Morgan fingerprint density at radius 3 is 2.70 bits per heavy atom. The van der Waals surface area contributed by atoms with E-state index in [-0.39, 0.29) is 29.7 Å². The summed E-state index contributed by atoms with van der Waals surface area (Å²) >= 11 is 0. The highest BCUT2D eigenvalue weighted by atomic mass is 19.1. The van der Waals surface area contributed by atoms with Crippen LogP contribution >= 0.6 is 0 Å². The van der Waals surface area contributed by atoms with Crippen LogP contribution < -0.4 is 0 Å². The van der Waals surface area contributed by atoms with Crippen LogP contribution in [0, 0.1) is 41.1 Å². The van der Waals surface area contributed by atoms with Gasteiger partial charge in [0.15, 0.2) is 0 Å². The summed E-state index contributed by atoms with van der Waals surface area (Å²) in [4.78, 5) is 17.1. The summed E-state index contributed by atoms with van der Waals surface area (Å²) in [7, 11) is 0. The summed E-state index contributed by atoms with van der Waals surface area (Å²) < 4.78 is 42.5. The van der Waals surface area contributed by atoms with Gasteiger partial charge in [0.1, 0.15) is 17.5 Å². The Kier molecular flexibility index (Phi) is 5.32. The van der Waals surface area contributed by atoms with E-state index < -0.39 is 29.4 Å². The molecule has 1 aliphatic rings. The smallest absolute Gasteiger partial charge is 0.255 e. The van der Waals surface area contributed by atoms with Crippen LogP contribution in [0.15, 0.2) is 54.9 Å². The minimum Gasteiger partial charge on any atom is -0.367 e. The molecule has 3 nitrogen and oxygen atoms in total. The van der Waals surface area contributed by atoms with E-state index in [1.165, 1.54) is 23.1 Å². The van der Waals surface area contributed by atoms with Crippen molar-refractivity contribution < 1.29 is 18.0 Å². The van der Waals surface area contributed by atoms with E-state index in [0.717, 1.165) is 23.8 Å². The van der Waals surface area contributed by atoms with Gasteiger partial charge in [-0.05, 0) is 48.2 Å². The Morgan fingerprint density at radius 2 is 1.93 bits per heavy atom. The van der Waals surface area contributed by atoms with Crippen molar-refractivity contribution >= 4 is 5.91 Å². The molecule has 0 saturated carbocycles. The molecule has 1 atom stereocenters. The van der Waals surface area contributed by atoms with Gasteiger partial charge in [0.25, 0.3) is 5.91 Å². The zero-order valence-corrected chi connectivity index (χ0v) is 15.7. The first-order valence-electron chi connectivity index (χ1n) is 9.19. The number of nitrogens with one attached hydrogen (secondary N) is 1. The van der Waals surface area contributed by atoms with Crippen LogP contribution in [0.25, 0.3) is 0 Å². The Bertz CT molecular complexity index is 1230. The molecule has 1 aromatic heterocycles. The fraction of sp³-hybridized carbons (Fsp3) is 0.125. The molecule has 3 aromatic rings. The fourth-order valence-corrected chi connectivity index (χ4v) is 3.42. The first-order chi connectivity index (χ1) is 14.5. The molecular formula is C24H15F3N2O. The van der Waals surface area contributed by atoms with Gasteiger partial charge in [-0.25, -0.2) is 13.2 Å². The minimum atomic E-state index is -0.887. The number of nitrogens with zero attached hydrogens (tertiary/aromatic N) is 1. The summed E-state index contributed by atoms with van der Waals surface area (Å²) in [5.41, 5.74) is 1.21. The molecule has 0 saturated heterocycles. The quantitative estimate of drug-likeness (QED) is 0.638. The number of rotatable bonds is 3. The first-order valence-corrected chi connectivity index (χ1v) is 9.19. The van der Waals surface area contributed by atoms with Crippen LogP contribution in [-0.4, -0.2) is 15.8 Å². The van der Waals surface area contributed by atoms with Crippen molar-refractivity contribution in [2.24, 2.45) is 0 Å². The molecule has 0 spiro atoms. The van der Waals surface area contributed by atoms with Crippen LogP contribution in [-0.2, 0) is 6.54 Å². The lowest BCUT2D eigenvalue weighted by Crippen LogP contribution is -2.29. The second-order valence-electron chi connectivity index (χ2n) is 6.74. The van der Waals surface area contributed by atoms with Crippen molar-refractivity contribution in [2.45, 2.75) is 19.0 Å². The van der Waals surface area contributed by atoms with Gasteiger partial charge in [0, 0.05) is 41.1 Å². The zero-order valence-electron chi connectivity index (χ0n) is 15.7. The number of carbonyl (C=O) groups excluding carboxylic acids is 1. The topological polar surface area (TPSA) is 36.1 Å². The number of benzene rings is 2. The van der Waals surface area contributed by atoms with Crippen LogP contribution in [0.1, 0.15) is 39.5 Å². The average molecular weight is 404 g/mol. The number of H-pyrrole nitrogens is 1. The van der Waals surface area contributed by atoms with Crippen LogP contribution in [0.5, 0.6) is 0 Å². The SMILES string of the molecule is O=C1c2cccc(F)c2CN1C(CC#CC#Cc1cc[nH]c1)c1cc(F)ccc1F. The molecular weight excluding hydrogens is 389 g/mol. The highest BCUT2D eigenvalue weighted by molar-refractivity contribution is 5.98. The molecule has 1 N–H and O–H groups in total. The Hall–Kier alpha value is -3.90. The van der Waals surface area contributed by atoms with E-state index in [1.807, 2.05) is 0 Å². The predicted molar refractivity (Wildman–Crippen MR) is 105 cm³/mol. The van der Waals surface area contributed by atoms with E-state index in [2.05, 4.69) is 28.7 Å². The predicted octanol–water partition coefficient (Wildman–Crippen LogP) is 4.57. The number of halogens is 3. The third-order valence-electron chi connectivity index (χ3n) is 4.88. The van der Waals surface area contributed by atoms with Gasteiger partial charge in [-0.15, -0.1) is 0 Å². The van der Waals surface area contributed by atoms with E-state index in [9.17, 15) is 18.0 Å². The molecule has 0 fully saturated rings. The molecule has 148 valence electrons. The maximum Gasteiger partial charge on any atom is 0.255 e. The molecule has 1 unspecified atom stereocenters. The van der Waals surface area contributed by atoms with Crippen molar-refractivity contribution in [2.75, 3.05) is 0 Å². The van der Waals surface area contributed by atoms with E-state index >= 15 is 0 Å². The normalized spacial score (nSPS) is 13.2. The molecule has 1 amide bonds. The Balaban J connectivity index is 1.66. The molecule has 0 bridgehead atoms. The van der Waals surface area contributed by atoms with Gasteiger partial charge in [0.2, 0.25) is 0 Å². The molecule has 2 heterocycles. The Morgan fingerprint density at radius 1 is 1.07 bits per heavy atom. The van der Waals surface area contributed by atoms with Gasteiger partial charge in [-0.2, -0.15) is 0 Å². The number of aromatic amines is 1. The molecule has 1 aliphatic heterocycles. The monoisotopic (exact) mass is 404 g/mol. The standard InChI is InChI=1S/C24H15F3N2O/c25-17-9-10-22(27)19(13-17)23(8-3-1-2-5-16-11-12-28-14-16)29-15-20-18(24(29)30)6-4-7-21(20)26/h4,6-7,9-14,23,28H,8,15H2. The molecule has 30 heavy (non-hydrogen) atoms. The van der Waals surface area contributed by atoms with Gasteiger partial charge in [-0.3, -0.25) is 4.79 Å². The second-order valence-corrected chi connectivity index (χ2v) is 6.74. The summed E-state index contributed by atoms with van der Waals surface area (Å²) in [5.74, 6) is 8.77. The zero-order chi connectivity index (χ0) is 21.1. The van der Waals surface area contributed by atoms with Gasteiger partial charge in [-0.1, -0.05) is 17.9 Å². The summed E-state index contributed by atoms with van der Waals surface area (Å²) in [6, 6.07) is 8.19. The largest absolute Gasteiger partial charge is 0.367 e. The van der Waals surface area contributed by atoms with Crippen LogP contribution in [0.3, 0.4) is 0 Å². The number of amides is 1. The third kappa shape index (κ3) is 3.81. The maximum atomic E-state index is 14.5. The highest BCUT2D eigenvalue weighted by Crippen LogP contribution is 2.35. The Labute approximate surface area is 171 Å². The van der Waals surface area contributed by atoms with E-state index in [4.69, 9.17) is 0 Å². The summed E-state index contributed by atoms with van der Waals surface area (Å²) in [6.07, 6.45) is 3.47. The molecule has 4 rings (SSSR count). The van der Waals surface area contributed by atoms with Gasteiger partial charge in [0.05, 0.1) is 12.6 Å². The molecule has 0 radical (unpaired) electrons. The maximum absolute atomic E-state index is 14.5. The number of carbonyl (C=O) groups is 1. The van der Waals surface area contributed by atoms with E-state index in [0.29, 0.717) is 0 Å². The molecule has 2 aromatic carbocycles. The lowest BCUT2D eigenvalue weighted by atomic mass is 10.0. The lowest BCUT2D eigenvalue weighted by Gasteiger charge is -2.27. The number of hydrogen-bond acceptors (Lipinski definition) is 1. The van der Waals surface area contributed by atoms with Crippen molar-refractivity contribution in [3.8, 4) is 23.7 Å². The molecule has 6 heteroatoms. The number of aromatic nitrogens is 1. The van der Waals surface area contributed by atoms with Gasteiger partial charge >= 0.3 is 0 Å². The lowest BCUT2D eigenvalue weighted by molar-refractivity contribution is 0.0700. The van der Waals surface area contributed by atoms with Crippen molar-refractivity contribution in [1.82, 2.24) is 9.88 Å². The van der Waals surface area contributed by atoms with E-state index in [1.54, 1.807) is 18.5 Å². The average Bonchev–Trinajstić information content (AvgIpc) is 3.36. The summed E-state index contributed by atoms with van der Waals surface area (Å²) in [5, 5.41) is 0.